The van der Waals surface area contributed by atoms with Gasteiger partial charge in [0.15, 0.2) is 11.6 Å². The van der Waals surface area contributed by atoms with Gasteiger partial charge in [-0.05, 0) is 12.8 Å². The summed E-state index contributed by atoms with van der Waals surface area (Å²) in [6.45, 7) is 0. The summed E-state index contributed by atoms with van der Waals surface area (Å²) in [5.41, 5.74) is 7.70. The van der Waals surface area contributed by atoms with Crippen LogP contribution in [0.5, 0.6) is 0 Å². The molecular weight excluding hydrogens is 323 g/mol. The van der Waals surface area contributed by atoms with Crippen LogP contribution in [0.2, 0.25) is 0 Å². The number of carbonyl (C=O) groups is 1. The number of nitrogens with zero attached hydrogens (tertiary/aromatic N) is 4. The second kappa shape index (κ2) is 6.03. The Bertz CT molecular complexity index is 874. The second-order valence-electron chi connectivity index (χ2n) is 6.58. The molecule has 1 saturated carbocycles. The summed E-state index contributed by atoms with van der Waals surface area (Å²) in [7, 11) is 1.78. The zero-order valence-electron chi connectivity index (χ0n) is 13.9. The number of nitrogens with one attached hydrogen (secondary N) is 1. The highest BCUT2D eigenvalue weighted by molar-refractivity contribution is 6.16. The summed E-state index contributed by atoms with van der Waals surface area (Å²) in [6, 6.07) is -0.120. The van der Waals surface area contributed by atoms with Crippen LogP contribution in [0, 0.1) is 5.82 Å². The lowest BCUT2D eigenvalue weighted by atomic mass is 9.91. The molecule has 0 spiro atoms. The molecule has 0 aromatic carbocycles. The van der Waals surface area contributed by atoms with Crippen molar-refractivity contribution in [2.75, 3.05) is 5.32 Å². The molecule has 2 aromatic rings. The predicted molar refractivity (Wildman–Crippen MR) is 92.2 cm³/mol. The fourth-order valence-electron chi connectivity index (χ4n) is 3.47. The Morgan fingerprint density at radius 2 is 2.16 bits per heavy atom. The maximum absolute atomic E-state index is 14.9. The van der Waals surface area contributed by atoms with Crippen molar-refractivity contribution in [1.82, 2.24) is 14.8 Å². The molecule has 2 atom stereocenters. The van der Waals surface area contributed by atoms with Crippen molar-refractivity contribution in [2.24, 2.45) is 17.8 Å². The number of hydrogen-bond acceptors (Lipinski definition) is 5. The maximum atomic E-state index is 14.9. The Hall–Kier alpha value is -2.61. The van der Waals surface area contributed by atoms with E-state index in [1.165, 1.54) is 6.21 Å². The highest BCUT2D eigenvalue weighted by atomic mass is 19.1. The number of carbonyl (C=O) groups excluding carboxylic acids is 1. The molecule has 0 bridgehead atoms. The summed E-state index contributed by atoms with van der Waals surface area (Å²) in [5, 5.41) is 7.25. The molecule has 8 heteroatoms. The van der Waals surface area contributed by atoms with Crippen LogP contribution in [0.1, 0.15) is 41.6 Å². The first kappa shape index (κ1) is 15.9. The Labute approximate surface area is 144 Å². The number of aryl methyl sites for hydroxylation is 1. The number of anilines is 1. The fourth-order valence-corrected chi connectivity index (χ4v) is 3.47. The molecule has 2 aromatic heterocycles. The minimum Gasteiger partial charge on any atom is -0.363 e. The molecule has 1 aliphatic carbocycles. The van der Waals surface area contributed by atoms with E-state index in [2.05, 4.69) is 20.4 Å². The zero-order chi connectivity index (χ0) is 17.6. The van der Waals surface area contributed by atoms with E-state index < -0.39 is 11.7 Å². The topological polar surface area (TPSA) is 98.2 Å². The molecule has 2 aliphatic rings. The highest BCUT2D eigenvalue weighted by Crippen LogP contribution is 2.32. The van der Waals surface area contributed by atoms with Crippen LogP contribution in [0.25, 0.3) is 11.3 Å². The lowest BCUT2D eigenvalue weighted by Crippen LogP contribution is -2.43. The van der Waals surface area contributed by atoms with Crippen molar-refractivity contribution in [3.8, 4) is 11.3 Å². The van der Waals surface area contributed by atoms with Gasteiger partial charge in [-0.15, -0.1) is 0 Å². The van der Waals surface area contributed by atoms with E-state index in [4.69, 9.17) is 5.73 Å². The van der Waals surface area contributed by atoms with Crippen LogP contribution in [0.4, 0.5) is 10.2 Å². The summed E-state index contributed by atoms with van der Waals surface area (Å²) in [4.78, 5) is 20.2. The number of halogens is 1. The molecule has 1 aliphatic heterocycles. The number of pyridine rings is 1. The normalized spacial score (nSPS) is 22.3. The van der Waals surface area contributed by atoms with Crippen LogP contribution in [-0.4, -0.2) is 39.0 Å². The molecule has 25 heavy (non-hydrogen) atoms. The van der Waals surface area contributed by atoms with Crippen molar-refractivity contribution in [3.05, 3.63) is 29.3 Å². The van der Waals surface area contributed by atoms with Gasteiger partial charge in [-0.3, -0.25) is 9.48 Å². The Morgan fingerprint density at radius 1 is 1.36 bits per heavy atom. The number of fused-ring (bicyclic) bond motifs is 1. The van der Waals surface area contributed by atoms with E-state index in [0.717, 1.165) is 25.7 Å². The van der Waals surface area contributed by atoms with Gasteiger partial charge in [-0.25, -0.2) is 14.4 Å². The predicted octanol–water partition coefficient (Wildman–Crippen LogP) is 1.88. The molecule has 1 fully saturated rings. The molecular formula is C17H19FN6O. The first-order valence-electron chi connectivity index (χ1n) is 8.37. The third-order valence-electron chi connectivity index (χ3n) is 4.82. The quantitative estimate of drug-likeness (QED) is 0.887. The molecule has 2 unspecified atom stereocenters. The summed E-state index contributed by atoms with van der Waals surface area (Å²) in [6.07, 6.45) is 8.63. The van der Waals surface area contributed by atoms with E-state index in [-0.39, 0.29) is 23.5 Å². The van der Waals surface area contributed by atoms with Crippen LogP contribution in [0.15, 0.2) is 17.4 Å². The molecule has 3 heterocycles. The third kappa shape index (κ3) is 2.72. The SMILES string of the molecule is Cn1cc(-c2nc(NC3CCCCC3N)c(F)c3c2C=NC3=O)cn1. The van der Waals surface area contributed by atoms with Gasteiger partial charge >= 0.3 is 0 Å². The molecule has 3 N–H and O–H groups in total. The van der Waals surface area contributed by atoms with E-state index in [9.17, 15) is 9.18 Å². The fraction of sp³-hybridized carbons (Fsp3) is 0.412. The Morgan fingerprint density at radius 3 is 2.88 bits per heavy atom. The molecule has 0 saturated heterocycles. The first-order valence-corrected chi connectivity index (χ1v) is 8.37. The van der Waals surface area contributed by atoms with Gasteiger partial charge in [0.1, 0.15) is 0 Å². The Balaban J connectivity index is 1.80. The molecule has 4 rings (SSSR count). The number of rotatable bonds is 3. The van der Waals surface area contributed by atoms with Crippen LogP contribution >= 0.6 is 0 Å². The molecule has 7 nitrogen and oxygen atoms in total. The summed E-state index contributed by atoms with van der Waals surface area (Å²) in [5.74, 6) is -1.20. The standard InChI is InChI=1S/C17H19FN6O/c1-24-8-9(6-21-24)15-10-7-20-17(25)13(10)14(18)16(23-15)22-12-5-3-2-4-11(12)19/h6-8,11-12H,2-5,19H2,1H3,(H,22,23). The van der Waals surface area contributed by atoms with Gasteiger partial charge in [0.2, 0.25) is 0 Å². The van der Waals surface area contributed by atoms with Crippen LogP contribution in [-0.2, 0) is 7.05 Å². The van der Waals surface area contributed by atoms with Gasteiger partial charge in [0.05, 0.1) is 17.5 Å². The average molecular weight is 342 g/mol. The van der Waals surface area contributed by atoms with Gasteiger partial charge in [0, 0.05) is 42.7 Å². The van der Waals surface area contributed by atoms with Crippen molar-refractivity contribution in [2.45, 2.75) is 37.8 Å². The number of amides is 1. The number of nitrogens with two attached hydrogens (primary N) is 1. The maximum Gasteiger partial charge on any atom is 0.280 e. The Kier molecular flexibility index (Phi) is 3.84. The lowest BCUT2D eigenvalue weighted by Gasteiger charge is -2.30. The number of aliphatic imine (C=N–C) groups is 1. The first-order chi connectivity index (χ1) is 12.0. The summed E-state index contributed by atoms with van der Waals surface area (Å²) < 4.78 is 16.5. The van der Waals surface area contributed by atoms with Crippen molar-refractivity contribution in [3.63, 3.8) is 0 Å². The van der Waals surface area contributed by atoms with Gasteiger partial charge in [0.25, 0.3) is 5.91 Å². The highest BCUT2D eigenvalue weighted by Gasteiger charge is 2.30. The smallest absolute Gasteiger partial charge is 0.280 e. The number of aromatic nitrogens is 3. The van der Waals surface area contributed by atoms with Crippen molar-refractivity contribution in [1.29, 1.82) is 0 Å². The minimum absolute atomic E-state index is 0.0410. The van der Waals surface area contributed by atoms with E-state index in [1.54, 1.807) is 24.1 Å². The van der Waals surface area contributed by atoms with Gasteiger partial charge < -0.3 is 11.1 Å². The van der Waals surface area contributed by atoms with Gasteiger partial charge in [-0.1, -0.05) is 12.8 Å². The van der Waals surface area contributed by atoms with Crippen LogP contribution in [0.3, 0.4) is 0 Å². The van der Waals surface area contributed by atoms with Crippen LogP contribution < -0.4 is 11.1 Å². The molecule has 0 radical (unpaired) electrons. The summed E-state index contributed by atoms with van der Waals surface area (Å²) >= 11 is 0. The third-order valence-corrected chi connectivity index (χ3v) is 4.82. The average Bonchev–Trinajstić information content (AvgIpc) is 3.19. The van der Waals surface area contributed by atoms with E-state index in [1.807, 2.05) is 0 Å². The monoisotopic (exact) mass is 342 g/mol. The zero-order valence-corrected chi connectivity index (χ0v) is 13.9. The van der Waals surface area contributed by atoms with Gasteiger partial charge in [-0.2, -0.15) is 5.10 Å². The lowest BCUT2D eigenvalue weighted by molar-refractivity contribution is 0.100. The second-order valence-corrected chi connectivity index (χ2v) is 6.58. The van der Waals surface area contributed by atoms with E-state index >= 15 is 0 Å². The minimum atomic E-state index is -0.664. The van der Waals surface area contributed by atoms with Crippen molar-refractivity contribution < 1.29 is 9.18 Å². The van der Waals surface area contributed by atoms with E-state index in [0.29, 0.717) is 16.8 Å². The van der Waals surface area contributed by atoms with Crippen molar-refractivity contribution >= 4 is 17.9 Å². The largest absolute Gasteiger partial charge is 0.363 e. The molecule has 1 amide bonds. The number of hydrogen-bond donors (Lipinski definition) is 2. The molecule has 130 valence electrons.